The maximum Gasteiger partial charge on any atom is 0.143 e. The maximum atomic E-state index is 14.4. The van der Waals surface area contributed by atoms with E-state index in [4.69, 9.17) is 0 Å². The summed E-state index contributed by atoms with van der Waals surface area (Å²) >= 11 is 1.86. The third-order valence-electron chi connectivity index (χ3n) is 2.67. The quantitative estimate of drug-likeness (QED) is 0.455. The van der Waals surface area contributed by atoms with Gasteiger partial charge < -0.3 is 4.55 Å². The van der Waals surface area contributed by atoms with Crippen LogP contribution in [0.15, 0.2) is 22.7 Å². The SMILES string of the molecule is CC(C)(C)[S+]([O-])N[C@H](C#C[Si](C)(C)C)c1cccc(Br)c1F. The molecule has 0 fully saturated rings. The van der Waals surface area contributed by atoms with Crippen molar-refractivity contribution in [3.63, 3.8) is 0 Å². The van der Waals surface area contributed by atoms with E-state index in [-0.39, 0.29) is 5.82 Å². The summed E-state index contributed by atoms with van der Waals surface area (Å²) in [5.74, 6) is 2.73. The van der Waals surface area contributed by atoms with Gasteiger partial charge in [-0.15, -0.1) is 10.3 Å². The normalized spacial score (nSPS) is 15.0. The molecule has 1 aromatic carbocycles. The predicted octanol–water partition coefficient (Wildman–Crippen LogP) is 4.56. The highest BCUT2D eigenvalue weighted by atomic mass is 79.9. The first-order valence-electron chi connectivity index (χ1n) is 7.06. The lowest BCUT2D eigenvalue weighted by atomic mass is 10.1. The van der Waals surface area contributed by atoms with E-state index in [2.05, 4.69) is 51.8 Å². The molecule has 6 heteroatoms. The van der Waals surface area contributed by atoms with Gasteiger partial charge in [0.1, 0.15) is 24.7 Å². The van der Waals surface area contributed by atoms with Crippen LogP contribution in [0.1, 0.15) is 32.4 Å². The molecule has 0 aliphatic rings. The molecule has 0 saturated carbocycles. The summed E-state index contributed by atoms with van der Waals surface area (Å²) in [5.41, 5.74) is 3.65. The van der Waals surface area contributed by atoms with Crippen molar-refractivity contribution in [3.8, 4) is 11.5 Å². The average Bonchev–Trinajstić information content (AvgIpc) is 2.35. The first-order valence-corrected chi connectivity index (χ1v) is 12.5. The van der Waals surface area contributed by atoms with Crippen molar-refractivity contribution in [1.29, 1.82) is 0 Å². The Balaban J connectivity index is 3.22. The molecule has 0 amide bonds. The molecular formula is C16H23BrFNOSSi. The van der Waals surface area contributed by atoms with Gasteiger partial charge in [0.15, 0.2) is 0 Å². The standard InChI is InChI=1S/C16H23BrFNOSSi/c1-16(2,3)21(20)19-14(10-11-22(4,5)6)12-8-7-9-13(17)15(12)18/h7-9,14,19H,1-6H3/t14-,21?/m1/s1. The third-order valence-corrected chi connectivity index (χ3v) is 5.73. The first-order chi connectivity index (χ1) is 9.92. The van der Waals surface area contributed by atoms with Gasteiger partial charge in [-0.2, -0.15) is 0 Å². The highest BCUT2D eigenvalue weighted by Crippen LogP contribution is 2.26. The largest absolute Gasteiger partial charge is 0.598 e. The van der Waals surface area contributed by atoms with Crippen LogP contribution in [0, 0.1) is 17.3 Å². The second-order valence-corrected chi connectivity index (χ2v) is 14.7. The third kappa shape index (κ3) is 6.05. The van der Waals surface area contributed by atoms with E-state index in [0.29, 0.717) is 10.0 Å². The average molecular weight is 404 g/mol. The molecule has 0 aliphatic carbocycles. The molecule has 0 heterocycles. The zero-order valence-electron chi connectivity index (χ0n) is 13.9. The van der Waals surface area contributed by atoms with Gasteiger partial charge in [0.25, 0.3) is 0 Å². The Morgan fingerprint density at radius 3 is 2.41 bits per heavy atom. The highest BCUT2D eigenvalue weighted by Gasteiger charge is 2.30. The Morgan fingerprint density at radius 2 is 1.91 bits per heavy atom. The van der Waals surface area contributed by atoms with E-state index >= 15 is 0 Å². The van der Waals surface area contributed by atoms with Crippen LogP contribution in [0.2, 0.25) is 19.6 Å². The lowest BCUT2D eigenvalue weighted by Gasteiger charge is -2.26. The zero-order valence-corrected chi connectivity index (χ0v) is 17.3. The molecule has 0 saturated heterocycles. The van der Waals surface area contributed by atoms with Crippen LogP contribution in [-0.4, -0.2) is 17.4 Å². The number of rotatable bonds is 3. The molecule has 1 aromatic rings. The van der Waals surface area contributed by atoms with Crippen LogP contribution in [0.25, 0.3) is 0 Å². The Hall–Kier alpha value is -0.323. The summed E-state index contributed by atoms with van der Waals surface area (Å²) < 4.78 is 29.7. The predicted molar refractivity (Wildman–Crippen MR) is 99.0 cm³/mol. The van der Waals surface area contributed by atoms with E-state index < -0.39 is 30.2 Å². The van der Waals surface area contributed by atoms with Gasteiger partial charge in [-0.25, -0.2) is 4.39 Å². The van der Waals surface area contributed by atoms with Gasteiger partial charge in [-0.1, -0.05) is 37.7 Å². The minimum atomic E-state index is -1.62. The van der Waals surface area contributed by atoms with Crippen LogP contribution in [0.4, 0.5) is 4.39 Å². The smallest absolute Gasteiger partial charge is 0.143 e. The molecule has 0 spiro atoms. The monoisotopic (exact) mass is 403 g/mol. The molecule has 1 rings (SSSR count). The number of hydrogen-bond acceptors (Lipinski definition) is 2. The fraction of sp³-hybridized carbons (Fsp3) is 0.500. The van der Waals surface area contributed by atoms with E-state index in [1.54, 1.807) is 18.2 Å². The van der Waals surface area contributed by atoms with Crippen LogP contribution in [-0.2, 0) is 11.4 Å². The minimum absolute atomic E-state index is 0.365. The molecule has 122 valence electrons. The highest BCUT2D eigenvalue weighted by molar-refractivity contribution is 9.10. The molecule has 1 N–H and O–H groups in total. The molecule has 1 unspecified atom stereocenters. The fourth-order valence-corrected chi connectivity index (χ4v) is 3.20. The van der Waals surface area contributed by atoms with Crippen molar-refractivity contribution in [2.24, 2.45) is 0 Å². The van der Waals surface area contributed by atoms with Gasteiger partial charge in [0, 0.05) is 16.9 Å². The Labute approximate surface area is 145 Å². The van der Waals surface area contributed by atoms with Gasteiger partial charge in [-0.3, -0.25) is 0 Å². The van der Waals surface area contributed by atoms with Crippen molar-refractivity contribution >= 4 is 35.4 Å². The van der Waals surface area contributed by atoms with Crippen molar-refractivity contribution in [1.82, 2.24) is 4.72 Å². The zero-order chi connectivity index (χ0) is 17.1. The van der Waals surface area contributed by atoms with Crippen molar-refractivity contribution in [3.05, 3.63) is 34.1 Å². The maximum absolute atomic E-state index is 14.4. The molecule has 0 radical (unpaired) electrons. The van der Waals surface area contributed by atoms with Crippen molar-refractivity contribution < 1.29 is 8.94 Å². The summed E-state index contributed by atoms with van der Waals surface area (Å²) in [6.07, 6.45) is 0. The van der Waals surface area contributed by atoms with Crippen molar-refractivity contribution in [2.75, 3.05) is 0 Å². The second-order valence-electron chi connectivity index (χ2n) is 7.09. The van der Waals surface area contributed by atoms with Crippen LogP contribution in [0.3, 0.4) is 0 Å². The summed E-state index contributed by atoms with van der Waals surface area (Å²) in [5, 5.41) is 0. The molecule has 2 atom stereocenters. The fourth-order valence-electron chi connectivity index (χ4n) is 1.49. The van der Waals surface area contributed by atoms with E-state index in [0.717, 1.165) is 0 Å². The topological polar surface area (TPSA) is 35.1 Å². The Bertz CT molecular complexity index is 587. The summed E-state index contributed by atoms with van der Waals surface area (Å²) in [6, 6.07) is 4.48. The van der Waals surface area contributed by atoms with E-state index in [1.165, 1.54) is 0 Å². The Morgan fingerprint density at radius 1 is 1.32 bits per heavy atom. The van der Waals surface area contributed by atoms with Crippen LogP contribution < -0.4 is 4.72 Å². The molecule has 0 aromatic heterocycles. The molecule has 2 nitrogen and oxygen atoms in total. The van der Waals surface area contributed by atoms with Crippen molar-refractivity contribution in [2.45, 2.75) is 51.2 Å². The van der Waals surface area contributed by atoms with Gasteiger partial charge >= 0.3 is 0 Å². The van der Waals surface area contributed by atoms with Gasteiger partial charge in [-0.05, 0) is 42.8 Å². The van der Waals surface area contributed by atoms with Crippen LogP contribution >= 0.6 is 15.9 Å². The second kappa shape index (κ2) is 7.50. The molecule has 0 bridgehead atoms. The number of benzene rings is 1. The first kappa shape index (κ1) is 19.7. The molecule has 22 heavy (non-hydrogen) atoms. The summed E-state index contributed by atoms with van der Waals surface area (Å²) in [6.45, 7) is 12.0. The van der Waals surface area contributed by atoms with Gasteiger partial charge in [0.05, 0.1) is 4.47 Å². The van der Waals surface area contributed by atoms with E-state index in [9.17, 15) is 8.94 Å². The number of hydrogen-bond donors (Lipinski definition) is 1. The molecular weight excluding hydrogens is 381 g/mol. The molecule has 0 aliphatic heterocycles. The lowest BCUT2D eigenvalue weighted by molar-refractivity contribution is 0.533. The lowest BCUT2D eigenvalue weighted by Crippen LogP contribution is -2.41. The summed E-state index contributed by atoms with van der Waals surface area (Å²) in [7, 11) is -1.62. The number of halogens is 2. The summed E-state index contributed by atoms with van der Waals surface area (Å²) in [4.78, 5) is 0. The number of nitrogens with one attached hydrogen (secondary N) is 1. The van der Waals surface area contributed by atoms with Crippen LogP contribution in [0.5, 0.6) is 0 Å². The minimum Gasteiger partial charge on any atom is -0.598 e. The van der Waals surface area contributed by atoms with Gasteiger partial charge in [0.2, 0.25) is 0 Å². The Kier molecular flexibility index (Phi) is 6.72. The van der Waals surface area contributed by atoms with E-state index in [1.807, 2.05) is 20.8 Å².